The van der Waals surface area contributed by atoms with Crippen LogP contribution in [0.2, 0.25) is 0 Å². The lowest BCUT2D eigenvalue weighted by atomic mass is 10.0. The van der Waals surface area contributed by atoms with Gasteiger partial charge in [-0.1, -0.05) is 13.8 Å². The first-order valence-corrected chi connectivity index (χ1v) is 6.40. The summed E-state index contributed by atoms with van der Waals surface area (Å²) in [7, 11) is 2.88. The van der Waals surface area contributed by atoms with E-state index >= 15 is 0 Å². The van der Waals surface area contributed by atoms with Crippen molar-refractivity contribution in [2.75, 3.05) is 7.11 Å². The van der Waals surface area contributed by atoms with Gasteiger partial charge < -0.3 is 14.6 Å². The van der Waals surface area contributed by atoms with Gasteiger partial charge in [0, 0.05) is 24.9 Å². The van der Waals surface area contributed by atoms with Gasteiger partial charge >= 0.3 is 5.97 Å². The van der Waals surface area contributed by atoms with E-state index in [0.29, 0.717) is 6.42 Å². The van der Waals surface area contributed by atoms with E-state index in [1.165, 1.54) is 30.0 Å². The maximum atomic E-state index is 12.1. The number of nitrogens with zero attached hydrogens (tertiary/aromatic N) is 1. The number of esters is 1. The van der Waals surface area contributed by atoms with E-state index in [-0.39, 0.29) is 17.0 Å². The molecule has 1 aromatic heterocycles. The van der Waals surface area contributed by atoms with E-state index in [4.69, 9.17) is 0 Å². The van der Waals surface area contributed by atoms with Gasteiger partial charge in [0.05, 0.1) is 7.11 Å². The standard InChI is InChI=1S/C14H20N2O4/c1-9(2)7-11(14(19)20-4)15-13(18)10-5-6-16(3)12(17)8-10/h5-6,8-9,11H,7H2,1-4H3,(H,15,18). The number of amides is 1. The van der Waals surface area contributed by atoms with E-state index in [0.717, 1.165) is 0 Å². The molecule has 20 heavy (non-hydrogen) atoms. The van der Waals surface area contributed by atoms with Crippen LogP contribution in [0.3, 0.4) is 0 Å². The summed E-state index contributed by atoms with van der Waals surface area (Å²) in [5.41, 5.74) is -0.0538. The van der Waals surface area contributed by atoms with Gasteiger partial charge in [-0.05, 0) is 18.4 Å². The molecule has 1 rings (SSSR count). The molecule has 0 aliphatic rings. The van der Waals surface area contributed by atoms with Crippen molar-refractivity contribution in [3.8, 4) is 0 Å². The average molecular weight is 280 g/mol. The molecule has 1 N–H and O–H groups in total. The molecule has 0 spiro atoms. The molecule has 1 unspecified atom stereocenters. The fourth-order valence-electron chi connectivity index (χ4n) is 1.76. The lowest BCUT2D eigenvalue weighted by Gasteiger charge is -2.18. The quantitative estimate of drug-likeness (QED) is 0.806. The molecule has 0 aromatic carbocycles. The first-order chi connectivity index (χ1) is 9.35. The Morgan fingerprint density at radius 3 is 2.55 bits per heavy atom. The number of rotatable bonds is 5. The van der Waals surface area contributed by atoms with E-state index in [1.807, 2.05) is 13.8 Å². The third-order valence-corrected chi connectivity index (χ3v) is 2.86. The molecule has 6 heteroatoms. The summed E-state index contributed by atoms with van der Waals surface area (Å²) in [6, 6.07) is 2.05. The number of aromatic nitrogens is 1. The summed E-state index contributed by atoms with van der Waals surface area (Å²) in [6.07, 6.45) is 1.98. The van der Waals surface area contributed by atoms with Crippen LogP contribution < -0.4 is 10.9 Å². The van der Waals surface area contributed by atoms with E-state index < -0.39 is 17.9 Å². The van der Waals surface area contributed by atoms with Gasteiger partial charge in [-0.25, -0.2) is 4.79 Å². The smallest absolute Gasteiger partial charge is 0.328 e. The molecule has 0 aliphatic heterocycles. The summed E-state index contributed by atoms with van der Waals surface area (Å²) in [5.74, 6) is -0.724. The molecule has 110 valence electrons. The Kier molecular flexibility index (Phi) is 5.49. The Morgan fingerprint density at radius 2 is 2.05 bits per heavy atom. The zero-order chi connectivity index (χ0) is 15.3. The lowest BCUT2D eigenvalue weighted by molar-refractivity contribution is -0.143. The van der Waals surface area contributed by atoms with Gasteiger partial charge in [0.15, 0.2) is 0 Å². The molecule has 1 heterocycles. The highest BCUT2D eigenvalue weighted by Crippen LogP contribution is 2.07. The number of hydrogen-bond acceptors (Lipinski definition) is 4. The Hall–Kier alpha value is -2.11. The number of methoxy groups -OCH3 is 1. The van der Waals surface area contributed by atoms with Crippen molar-refractivity contribution in [1.82, 2.24) is 9.88 Å². The van der Waals surface area contributed by atoms with Crippen LogP contribution in [0.5, 0.6) is 0 Å². The van der Waals surface area contributed by atoms with Gasteiger partial charge in [0.2, 0.25) is 0 Å². The molecule has 0 saturated heterocycles. The minimum atomic E-state index is -0.712. The van der Waals surface area contributed by atoms with Crippen LogP contribution in [-0.4, -0.2) is 29.6 Å². The fourth-order valence-corrected chi connectivity index (χ4v) is 1.76. The van der Waals surface area contributed by atoms with Crippen molar-refractivity contribution >= 4 is 11.9 Å². The van der Waals surface area contributed by atoms with Crippen molar-refractivity contribution < 1.29 is 14.3 Å². The lowest BCUT2D eigenvalue weighted by Crippen LogP contribution is -2.42. The van der Waals surface area contributed by atoms with Gasteiger partial charge in [0.25, 0.3) is 11.5 Å². The maximum Gasteiger partial charge on any atom is 0.328 e. The van der Waals surface area contributed by atoms with Gasteiger partial charge in [-0.2, -0.15) is 0 Å². The third-order valence-electron chi connectivity index (χ3n) is 2.86. The molecule has 0 bridgehead atoms. The van der Waals surface area contributed by atoms with E-state index in [9.17, 15) is 14.4 Å². The Labute approximate surface area is 117 Å². The summed E-state index contributed by atoms with van der Waals surface area (Å²) in [5, 5.41) is 2.60. The predicted molar refractivity (Wildman–Crippen MR) is 74.4 cm³/mol. The zero-order valence-corrected chi connectivity index (χ0v) is 12.2. The Morgan fingerprint density at radius 1 is 1.40 bits per heavy atom. The van der Waals surface area contributed by atoms with Gasteiger partial charge in [0.1, 0.15) is 6.04 Å². The number of nitrogens with one attached hydrogen (secondary N) is 1. The van der Waals surface area contributed by atoms with Crippen molar-refractivity contribution in [1.29, 1.82) is 0 Å². The maximum absolute atomic E-state index is 12.1. The normalized spacial score (nSPS) is 12.1. The number of hydrogen-bond donors (Lipinski definition) is 1. The van der Waals surface area contributed by atoms with Crippen LogP contribution in [-0.2, 0) is 16.6 Å². The molecule has 1 amide bonds. The Balaban J connectivity index is 2.87. The molecule has 1 atom stereocenters. The first kappa shape index (κ1) is 15.9. The van der Waals surface area contributed by atoms with Crippen molar-refractivity contribution in [2.24, 2.45) is 13.0 Å². The second-order valence-electron chi connectivity index (χ2n) is 5.04. The molecular weight excluding hydrogens is 260 g/mol. The highest BCUT2D eigenvalue weighted by molar-refractivity contribution is 5.96. The predicted octanol–water partition coefficient (Wildman–Crippen LogP) is 0.703. The second kappa shape index (κ2) is 6.88. The number of carbonyl (C=O) groups excluding carboxylic acids is 2. The molecule has 0 aliphatic carbocycles. The topological polar surface area (TPSA) is 77.4 Å². The second-order valence-corrected chi connectivity index (χ2v) is 5.04. The van der Waals surface area contributed by atoms with Gasteiger partial charge in [-0.3, -0.25) is 9.59 Å². The van der Waals surface area contributed by atoms with Crippen LogP contribution in [0.25, 0.3) is 0 Å². The first-order valence-electron chi connectivity index (χ1n) is 6.40. The number of ether oxygens (including phenoxy) is 1. The SMILES string of the molecule is COC(=O)C(CC(C)C)NC(=O)c1ccn(C)c(=O)c1. The number of carbonyl (C=O) groups is 2. The van der Waals surface area contributed by atoms with Crippen LogP contribution in [0, 0.1) is 5.92 Å². The van der Waals surface area contributed by atoms with E-state index in [2.05, 4.69) is 10.1 Å². The monoisotopic (exact) mass is 280 g/mol. The van der Waals surface area contributed by atoms with Crippen LogP contribution in [0.15, 0.2) is 23.1 Å². The van der Waals surface area contributed by atoms with Crippen LogP contribution in [0.4, 0.5) is 0 Å². The molecule has 6 nitrogen and oxygen atoms in total. The number of pyridine rings is 1. The largest absolute Gasteiger partial charge is 0.467 e. The summed E-state index contributed by atoms with van der Waals surface area (Å²) < 4.78 is 6.04. The van der Waals surface area contributed by atoms with Crippen LogP contribution in [0.1, 0.15) is 30.6 Å². The van der Waals surface area contributed by atoms with Crippen molar-refractivity contribution in [3.63, 3.8) is 0 Å². The minimum Gasteiger partial charge on any atom is -0.467 e. The Bertz CT molecular complexity index is 548. The third kappa shape index (κ3) is 4.22. The number of aryl methyl sites for hydroxylation is 1. The summed E-state index contributed by atoms with van der Waals surface area (Å²) in [4.78, 5) is 35.2. The van der Waals surface area contributed by atoms with E-state index in [1.54, 1.807) is 7.05 Å². The molecule has 0 fully saturated rings. The van der Waals surface area contributed by atoms with Crippen molar-refractivity contribution in [3.05, 3.63) is 34.2 Å². The average Bonchev–Trinajstić information content (AvgIpc) is 2.39. The zero-order valence-electron chi connectivity index (χ0n) is 12.2. The van der Waals surface area contributed by atoms with Gasteiger partial charge in [-0.15, -0.1) is 0 Å². The minimum absolute atomic E-state index is 0.225. The fraction of sp³-hybridized carbons (Fsp3) is 0.500. The van der Waals surface area contributed by atoms with Crippen molar-refractivity contribution in [2.45, 2.75) is 26.3 Å². The van der Waals surface area contributed by atoms with Crippen LogP contribution >= 0.6 is 0 Å². The summed E-state index contributed by atoms with van der Waals surface area (Å²) in [6.45, 7) is 3.89. The summed E-state index contributed by atoms with van der Waals surface area (Å²) >= 11 is 0. The highest BCUT2D eigenvalue weighted by atomic mass is 16.5. The molecule has 0 saturated carbocycles. The molecular formula is C14H20N2O4. The molecule has 0 radical (unpaired) electrons. The highest BCUT2D eigenvalue weighted by Gasteiger charge is 2.23. The molecule has 1 aromatic rings.